The highest BCUT2D eigenvalue weighted by Gasteiger charge is 2.14. The van der Waals surface area contributed by atoms with Crippen LogP contribution in [0.1, 0.15) is 36.6 Å². The molecule has 0 spiro atoms. The molecule has 21 heavy (non-hydrogen) atoms. The van der Waals surface area contributed by atoms with Crippen molar-refractivity contribution in [3.63, 3.8) is 0 Å². The van der Waals surface area contributed by atoms with Crippen molar-refractivity contribution in [1.29, 1.82) is 0 Å². The Balaban J connectivity index is 1.91. The molecule has 1 aromatic carbocycles. The third kappa shape index (κ3) is 3.01. The van der Waals surface area contributed by atoms with Crippen LogP contribution in [-0.4, -0.2) is 0 Å². The predicted molar refractivity (Wildman–Crippen MR) is 90.8 cm³/mol. The Morgan fingerprint density at radius 3 is 2.76 bits per heavy atom. The Bertz CT molecular complexity index is 693. The van der Waals surface area contributed by atoms with Gasteiger partial charge in [0, 0.05) is 15.3 Å². The zero-order chi connectivity index (χ0) is 14.8. The Hall–Kier alpha value is -1.67. The Morgan fingerprint density at radius 1 is 1.29 bits per heavy atom. The lowest BCUT2D eigenvalue weighted by molar-refractivity contribution is 0.533. The van der Waals surface area contributed by atoms with Crippen LogP contribution in [0.4, 0.5) is 4.39 Å². The van der Waals surface area contributed by atoms with Crippen LogP contribution in [0.25, 0.3) is 22.1 Å². The summed E-state index contributed by atoms with van der Waals surface area (Å²) < 4.78 is 14.4. The van der Waals surface area contributed by atoms with Crippen LogP contribution in [-0.2, 0) is 0 Å². The number of halogens is 1. The highest BCUT2D eigenvalue weighted by Crippen LogP contribution is 2.34. The Labute approximate surface area is 129 Å². The minimum absolute atomic E-state index is 0.135. The number of benzene rings is 1. The van der Waals surface area contributed by atoms with Gasteiger partial charge in [0.25, 0.3) is 0 Å². The second-order valence-corrected chi connectivity index (χ2v) is 6.83. The Morgan fingerprint density at radius 2 is 2.14 bits per heavy atom. The Kier molecular flexibility index (Phi) is 4.07. The van der Waals surface area contributed by atoms with Gasteiger partial charge in [-0.15, -0.1) is 11.3 Å². The maximum Gasteiger partial charge on any atom is 0.132 e. The quantitative estimate of drug-likeness (QED) is 0.615. The maximum atomic E-state index is 14.4. The van der Waals surface area contributed by atoms with Gasteiger partial charge < -0.3 is 0 Å². The lowest BCUT2D eigenvalue weighted by atomic mass is 9.87. The summed E-state index contributed by atoms with van der Waals surface area (Å²) in [6.07, 6.45) is 7.42. The van der Waals surface area contributed by atoms with Crippen LogP contribution in [0, 0.1) is 11.7 Å². The van der Waals surface area contributed by atoms with Gasteiger partial charge in [-0.2, -0.15) is 0 Å². The van der Waals surface area contributed by atoms with E-state index in [1.807, 2.05) is 24.3 Å². The van der Waals surface area contributed by atoms with Gasteiger partial charge in [-0.1, -0.05) is 37.8 Å². The summed E-state index contributed by atoms with van der Waals surface area (Å²) in [7, 11) is 0. The first-order valence-electron chi connectivity index (χ1n) is 7.39. The summed E-state index contributed by atoms with van der Waals surface area (Å²) in [6, 6.07) is 9.58. The van der Waals surface area contributed by atoms with Gasteiger partial charge in [-0.3, -0.25) is 0 Å². The molecule has 1 aliphatic carbocycles. The molecule has 0 amide bonds. The predicted octanol–water partition coefficient (Wildman–Crippen LogP) is 6.40. The molecule has 0 radical (unpaired) electrons. The number of hydrogen-bond donors (Lipinski definition) is 0. The molecule has 0 saturated carbocycles. The highest BCUT2D eigenvalue weighted by molar-refractivity contribution is 7.16. The fourth-order valence-corrected chi connectivity index (χ4v) is 3.63. The molecule has 0 nitrogen and oxygen atoms in total. The fraction of sp³-hybridized carbons (Fsp3) is 0.263. The van der Waals surface area contributed by atoms with Crippen molar-refractivity contribution >= 4 is 23.0 Å². The first-order valence-corrected chi connectivity index (χ1v) is 8.20. The molecule has 1 aliphatic rings. The average molecular weight is 298 g/mol. The molecule has 1 atom stereocenters. The molecule has 0 bridgehead atoms. The molecule has 1 aromatic heterocycles. The summed E-state index contributed by atoms with van der Waals surface area (Å²) >= 11 is 1.57. The van der Waals surface area contributed by atoms with E-state index in [2.05, 4.69) is 19.6 Å². The number of thiophene rings is 1. The van der Waals surface area contributed by atoms with E-state index in [-0.39, 0.29) is 5.82 Å². The normalized spacial score (nSPS) is 18.4. The first-order chi connectivity index (χ1) is 10.2. The van der Waals surface area contributed by atoms with E-state index in [4.69, 9.17) is 0 Å². The van der Waals surface area contributed by atoms with Crippen LogP contribution in [0.15, 0.2) is 43.0 Å². The highest BCUT2D eigenvalue weighted by atomic mass is 32.1. The van der Waals surface area contributed by atoms with Gasteiger partial charge in [0.1, 0.15) is 5.82 Å². The van der Waals surface area contributed by atoms with Gasteiger partial charge in [-0.25, -0.2) is 4.39 Å². The lowest BCUT2D eigenvalue weighted by Crippen LogP contribution is -2.01. The van der Waals surface area contributed by atoms with Crippen molar-refractivity contribution in [2.45, 2.75) is 26.2 Å². The first kappa shape index (κ1) is 14.3. The van der Waals surface area contributed by atoms with Gasteiger partial charge >= 0.3 is 0 Å². The second kappa shape index (κ2) is 5.98. The number of hydrogen-bond acceptors (Lipinski definition) is 1. The molecule has 0 fully saturated rings. The third-order valence-electron chi connectivity index (χ3n) is 4.11. The zero-order valence-corrected chi connectivity index (χ0v) is 13.0. The minimum Gasteiger partial charge on any atom is -0.206 e. The van der Waals surface area contributed by atoms with E-state index in [0.717, 1.165) is 34.1 Å². The smallest absolute Gasteiger partial charge is 0.132 e. The van der Waals surface area contributed by atoms with Crippen LogP contribution in [0.2, 0.25) is 0 Å². The van der Waals surface area contributed by atoms with Crippen molar-refractivity contribution < 1.29 is 4.39 Å². The van der Waals surface area contributed by atoms with Crippen LogP contribution >= 0.6 is 11.3 Å². The number of allylic oxidation sites excluding steroid dienone is 2. The van der Waals surface area contributed by atoms with Gasteiger partial charge in [0.15, 0.2) is 0 Å². The van der Waals surface area contributed by atoms with Crippen molar-refractivity contribution in [1.82, 2.24) is 0 Å². The average Bonchev–Trinajstić information content (AvgIpc) is 2.96. The monoisotopic (exact) mass is 298 g/mol. The van der Waals surface area contributed by atoms with Crippen molar-refractivity contribution in [2.75, 3.05) is 0 Å². The number of rotatable bonds is 3. The van der Waals surface area contributed by atoms with Crippen molar-refractivity contribution in [3.8, 4) is 10.4 Å². The van der Waals surface area contributed by atoms with Gasteiger partial charge in [0.2, 0.25) is 0 Å². The van der Waals surface area contributed by atoms with Crippen molar-refractivity contribution in [3.05, 3.63) is 59.2 Å². The molecule has 2 heteroatoms. The molecule has 1 heterocycles. The molecular formula is C19H19FS. The van der Waals surface area contributed by atoms with Crippen LogP contribution < -0.4 is 0 Å². The topological polar surface area (TPSA) is 0 Å². The molecule has 0 saturated heterocycles. The minimum atomic E-state index is -0.135. The summed E-state index contributed by atoms with van der Waals surface area (Å²) in [4.78, 5) is 2.03. The molecule has 2 aromatic rings. The van der Waals surface area contributed by atoms with E-state index in [1.165, 1.54) is 12.0 Å². The zero-order valence-electron chi connectivity index (χ0n) is 12.2. The molecule has 0 aliphatic heterocycles. The van der Waals surface area contributed by atoms with E-state index >= 15 is 0 Å². The molecule has 108 valence electrons. The van der Waals surface area contributed by atoms with Crippen LogP contribution in [0.3, 0.4) is 0 Å². The van der Waals surface area contributed by atoms with Crippen molar-refractivity contribution in [2.24, 2.45) is 5.92 Å². The second-order valence-electron chi connectivity index (χ2n) is 5.71. The van der Waals surface area contributed by atoms with E-state index in [9.17, 15) is 4.39 Å². The molecular weight excluding hydrogens is 279 g/mol. The molecule has 3 rings (SSSR count). The largest absolute Gasteiger partial charge is 0.206 e. The van der Waals surface area contributed by atoms with Gasteiger partial charge in [-0.05, 0) is 54.5 Å². The summed E-state index contributed by atoms with van der Waals surface area (Å²) in [5.41, 5.74) is 3.00. The summed E-state index contributed by atoms with van der Waals surface area (Å²) in [6.45, 7) is 6.02. The van der Waals surface area contributed by atoms with E-state index in [0.29, 0.717) is 5.56 Å². The molecule has 1 unspecified atom stereocenters. The van der Waals surface area contributed by atoms with Gasteiger partial charge in [0.05, 0.1) is 0 Å². The van der Waals surface area contributed by atoms with E-state index in [1.54, 1.807) is 23.5 Å². The lowest BCUT2D eigenvalue weighted by Gasteiger charge is -2.18. The fourth-order valence-electron chi connectivity index (χ4n) is 2.75. The summed E-state index contributed by atoms with van der Waals surface area (Å²) in [5, 5.41) is 0. The molecule has 0 N–H and O–H groups in total. The third-order valence-corrected chi connectivity index (χ3v) is 5.22. The van der Waals surface area contributed by atoms with Crippen LogP contribution in [0.5, 0.6) is 0 Å². The SMILES string of the molecule is C=Cc1ccc(-c2ccc(C3=CCC(C)CC3)cc2F)s1. The maximum absolute atomic E-state index is 14.4. The van der Waals surface area contributed by atoms with E-state index < -0.39 is 0 Å². The summed E-state index contributed by atoms with van der Waals surface area (Å²) in [5.74, 6) is 0.616. The standard InChI is InChI=1S/C19H19FS/c1-3-16-9-11-19(21-16)17-10-8-15(12-18(17)20)14-6-4-13(2)5-7-14/h3,6,8-13H,1,4-5,7H2,2H3.